The molecule has 0 saturated heterocycles. The van der Waals surface area contributed by atoms with Crippen molar-refractivity contribution in [3.8, 4) is 11.3 Å². The molecule has 0 bridgehead atoms. The molecule has 136 valence electrons. The lowest BCUT2D eigenvalue weighted by Crippen LogP contribution is -2.26. The molecule has 4 heterocycles. The summed E-state index contributed by atoms with van der Waals surface area (Å²) in [5, 5.41) is 10.9. The standard InChI is InChI=1S/C21H21N5S/c1-2-18-24-20-16(13-23-25-19(20)15-8-4-10-22-12-15)26(18)21(14-6-3-7-14)17-9-5-11-27-17/h4-5,8-14,21H,2-3,6-7H2,1H3. The summed E-state index contributed by atoms with van der Waals surface area (Å²) >= 11 is 1.84. The van der Waals surface area contributed by atoms with Gasteiger partial charge >= 0.3 is 0 Å². The van der Waals surface area contributed by atoms with Crippen molar-refractivity contribution in [2.45, 2.75) is 38.6 Å². The summed E-state index contributed by atoms with van der Waals surface area (Å²) in [6, 6.07) is 8.69. The van der Waals surface area contributed by atoms with E-state index >= 15 is 0 Å². The van der Waals surface area contributed by atoms with Crippen LogP contribution < -0.4 is 0 Å². The van der Waals surface area contributed by atoms with Gasteiger partial charge in [-0.05, 0) is 42.3 Å². The highest BCUT2D eigenvalue weighted by Gasteiger charge is 2.33. The summed E-state index contributed by atoms with van der Waals surface area (Å²) in [5.41, 5.74) is 3.77. The van der Waals surface area contributed by atoms with E-state index in [1.165, 1.54) is 24.1 Å². The second-order valence-electron chi connectivity index (χ2n) is 7.07. The van der Waals surface area contributed by atoms with Crippen LogP contribution >= 0.6 is 11.3 Å². The summed E-state index contributed by atoms with van der Waals surface area (Å²) in [6.07, 6.45) is 10.2. The van der Waals surface area contributed by atoms with Crippen molar-refractivity contribution in [2.24, 2.45) is 5.92 Å². The number of hydrogen-bond acceptors (Lipinski definition) is 5. The van der Waals surface area contributed by atoms with Gasteiger partial charge in [0.05, 0.1) is 17.8 Å². The van der Waals surface area contributed by atoms with Crippen LogP contribution in [0.15, 0.2) is 48.2 Å². The Morgan fingerprint density at radius 1 is 1.22 bits per heavy atom. The summed E-state index contributed by atoms with van der Waals surface area (Å²) in [5.74, 6) is 1.77. The normalized spacial score (nSPS) is 15.7. The molecule has 6 heteroatoms. The third-order valence-electron chi connectivity index (χ3n) is 5.54. The summed E-state index contributed by atoms with van der Waals surface area (Å²) in [6.45, 7) is 2.18. The van der Waals surface area contributed by atoms with E-state index in [9.17, 15) is 0 Å². The molecule has 1 aliphatic carbocycles. The van der Waals surface area contributed by atoms with Gasteiger partial charge in [-0.15, -0.1) is 16.4 Å². The summed E-state index contributed by atoms with van der Waals surface area (Å²) in [7, 11) is 0. The molecule has 4 aromatic heterocycles. The molecule has 1 saturated carbocycles. The molecule has 0 aliphatic heterocycles. The molecule has 1 aliphatic rings. The Hall–Kier alpha value is -2.60. The first-order valence-electron chi connectivity index (χ1n) is 9.53. The van der Waals surface area contributed by atoms with Gasteiger partial charge in [0.1, 0.15) is 17.0 Å². The third-order valence-corrected chi connectivity index (χ3v) is 6.49. The number of nitrogens with zero attached hydrogens (tertiary/aromatic N) is 5. The van der Waals surface area contributed by atoms with E-state index < -0.39 is 0 Å². The Kier molecular flexibility index (Phi) is 4.20. The average molecular weight is 376 g/mol. The van der Waals surface area contributed by atoms with Crippen LogP contribution in [0.25, 0.3) is 22.3 Å². The Bertz CT molecular complexity index is 1050. The van der Waals surface area contributed by atoms with Crippen molar-refractivity contribution in [1.29, 1.82) is 0 Å². The van der Waals surface area contributed by atoms with Crippen molar-refractivity contribution in [3.63, 3.8) is 0 Å². The number of rotatable bonds is 5. The van der Waals surface area contributed by atoms with Gasteiger partial charge in [-0.1, -0.05) is 19.4 Å². The minimum absolute atomic E-state index is 0.338. The third kappa shape index (κ3) is 2.75. The zero-order valence-corrected chi connectivity index (χ0v) is 16.1. The minimum atomic E-state index is 0.338. The van der Waals surface area contributed by atoms with Crippen molar-refractivity contribution in [2.75, 3.05) is 0 Å². The smallest absolute Gasteiger partial charge is 0.122 e. The van der Waals surface area contributed by atoms with E-state index in [1.807, 2.05) is 35.9 Å². The maximum absolute atomic E-state index is 5.02. The fraction of sp³-hybridized carbons (Fsp3) is 0.333. The maximum Gasteiger partial charge on any atom is 0.122 e. The predicted molar refractivity (Wildman–Crippen MR) is 108 cm³/mol. The van der Waals surface area contributed by atoms with Gasteiger partial charge in [0, 0.05) is 29.3 Å². The molecule has 0 spiro atoms. The first-order chi connectivity index (χ1) is 13.4. The van der Waals surface area contributed by atoms with Gasteiger partial charge in [-0.3, -0.25) is 4.98 Å². The molecule has 5 nitrogen and oxygen atoms in total. The van der Waals surface area contributed by atoms with Crippen LogP contribution in [-0.2, 0) is 6.42 Å². The predicted octanol–water partition coefficient (Wildman–Crippen LogP) is 4.90. The van der Waals surface area contributed by atoms with Gasteiger partial charge in [-0.25, -0.2) is 4.98 Å². The molecule has 0 amide bonds. The van der Waals surface area contributed by atoms with Crippen LogP contribution in [0.3, 0.4) is 0 Å². The van der Waals surface area contributed by atoms with Crippen LogP contribution in [0.4, 0.5) is 0 Å². The van der Waals surface area contributed by atoms with E-state index in [1.54, 1.807) is 6.20 Å². The average Bonchev–Trinajstić information content (AvgIpc) is 3.32. The quantitative estimate of drug-likeness (QED) is 0.498. The van der Waals surface area contributed by atoms with E-state index in [-0.39, 0.29) is 0 Å². The van der Waals surface area contributed by atoms with Crippen LogP contribution in [0.1, 0.15) is 42.9 Å². The second-order valence-corrected chi connectivity index (χ2v) is 8.05. The highest BCUT2D eigenvalue weighted by Crippen LogP contribution is 2.44. The molecular formula is C21H21N5S. The van der Waals surface area contributed by atoms with Crippen LogP contribution in [0.2, 0.25) is 0 Å². The fourth-order valence-electron chi connectivity index (χ4n) is 4.02. The van der Waals surface area contributed by atoms with Crippen molar-refractivity contribution >= 4 is 22.4 Å². The molecule has 0 N–H and O–H groups in total. The van der Waals surface area contributed by atoms with E-state index in [4.69, 9.17) is 4.98 Å². The number of aryl methyl sites for hydroxylation is 1. The maximum atomic E-state index is 5.02. The lowest BCUT2D eigenvalue weighted by Gasteiger charge is -2.35. The molecule has 1 fully saturated rings. The van der Waals surface area contributed by atoms with Crippen molar-refractivity contribution in [3.05, 3.63) is 58.9 Å². The minimum Gasteiger partial charge on any atom is -0.318 e. The lowest BCUT2D eigenvalue weighted by atomic mass is 9.79. The van der Waals surface area contributed by atoms with E-state index in [0.29, 0.717) is 12.0 Å². The monoisotopic (exact) mass is 375 g/mol. The topological polar surface area (TPSA) is 56.5 Å². The number of hydrogen-bond donors (Lipinski definition) is 0. The molecule has 0 aromatic carbocycles. The Morgan fingerprint density at radius 2 is 2.15 bits per heavy atom. The summed E-state index contributed by atoms with van der Waals surface area (Å²) < 4.78 is 2.43. The van der Waals surface area contributed by atoms with Gasteiger partial charge in [0.25, 0.3) is 0 Å². The first-order valence-corrected chi connectivity index (χ1v) is 10.4. The molecule has 5 rings (SSSR count). The number of pyridine rings is 1. The molecule has 1 unspecified atom stereocenters. The largest absolute Gasteiger partial charge is 0.318 e. The Morgan fingerprint density at radius 3 is 2.81 bits per heavy atom. The number of fused-ring (bicyclic) bond motifs is 1. The zero-order chi connectivity index (χ0) is 18.2. The van der Waals surface area contributed by atoms with Crippen LogP contribution in [0.5, 0.6) is 0 Å². The number of imidazole rings is 1. The Labute approximate surface area is 162 Å². The van der Waals surface area contributed by atoms with Gasteiger partial charge < -0.3 is 4.57 Å². The van der Waals surface area contributed by atoms with E-state index in [2.05, 4.69) is 44.2 Å². The SMILES string of the molecule is CCc1nc2c(-c3cccnc3)nncc2n1C(c1cccs1)C1CCC1. The number of aromatic nitrogens is 5. The van der Waals surface area contributed by atoms with Crippen LogP contribution in [0, 0.1) is 5.92 Å². The van der Waals surface area contributed by atoms with Crippen molar-refractivity contribution < 1.29 is 0 Å². The van der Waals surface area contributed by atoms with Crippen LogP contribution in [-0.4, -0.2) is 24.7 Å². The highest BCUT2D eigenvalue weighted by atomic mass is 32.1. The first kappa shape index (κ1) is 16.6. The molecule has 27 heavy (non-hydrogen) atoms. The second kappa shape index (κ2) is 6.85. The lowest BCUT2D eigenvalue weighted by molar-refractivity contribution is 0.240. The highest BCUT2D eigenvalue weighted by molar-refractivity contribution is 7.10. The van der Waals surface area contributed by atoms with Gasteiger partial charge in [0.2, 0.25) is 0 Å². The molecule has 0 radical (unpaired) electrons. The van der Waals surface area contributed by atoms with E-state index in [0.717, 1.165) is 34.5 Å². The molecular weight excluding hydrogens is 354 g/mol. The molecule has 4 aromatic rings. The molecule has 1 atom stereocenters. The van der Waals surface area contributed by atoms with Gasteiger partial charge in [-0.2, -0.15) is 5.10 Å². The number of thiophene rings is 1. The van der Waals surface area contributed by atoms with Crippen molar-refractivity contribution in [1.82, 2.24) is 24.7 Å². The zero-order valence-electron chi connectivity index (χ0n) is 15.2. The Balaban J connectivity index is 1.74. The van der Waals surface area contributed by atoms with Gasteiger partial charge in [0.15, 0.2) is 0 Å². The fourth-order valence-corrected chi connectivity index (χ4v) is 4.93. The summed E-state index contributed by atoms with van der Waals surface area (Å²) in [4.78, 5) is 10.7.